The molecule has 0 saturated carbocycles. The van der Waals surface area contributed by atoms with Gasteiger partial charge in [-0.05, 0) is 37.9 Å². The SMILES string of the molecule is O=C(NCCCN1CCNCC1)C1CCCN(S(=O)(=O)c2ccccc2)C1. The van der Waals surface area contributed by atoms with Gasteiger partial charge in [-0.25, -0.2) is 8.42 Å². The van der Waals surface area contributed by atoms with Crippen molar-refractivity contribution in [1.82, 2.24) is 19.8 Å². The van der Waals surface area contributed by atoms with Crippen molar-refractivity contribution in [1.29, 1.82) is 0 Å². The van der Waals surface area contributed by atoms with Crippen molar-refractivity contribution < 1.29 is 13.2 Å². The molecule has 1 amide bonds. The summed E-state index contributed by atoms with van der Waals surface area (Å²) in [7, 11) is -3.53. The van der Waals surface area contributed by atoms with Crippen LogP contribution in [-0.2, 0) is 14.8 Å². The quantitative estimate of drug-likeness (QED) is 0.658. The number of amides is 1. The van der Waals surface area contributed by atoms with E-state index >= 15 is 0 Å². The largest absolute Gasteiger partial charge is 0.356 e. The van der Waals surface area contributed by atoms with Crippen LogP contribution in [0.4, 0.5) is 0 Å². The van der Waals surface area contributed by atoms with Crippen molar-refractivity contribution in [2.24, 2.45) is 5.92 Å². The van der Waals surface area contributed by atoms with Gasteiger partial charge in [0.05, 0.1) is 10.8 Å². The molecule has 27 heavy (non-hydrogen) atoms. The lowest BCUT2D eigenvalue weighted by molar-refractivity contribution is -0.126. The monoisotopic (exact) mass is 394 g/mol. The fourth-order valence-electron chi connectivity index (χ4n) is 3.71. The molecule has 2 aliphatic heterocycles. The van der Waals surface area contributed by atoms with E-state index in [1.807, 2.05) is 0 Å². The molecule has 2 saturated heterocycles. The van der Waals surface area contributed by atoms with Gasteiger partial charge in [0.1, 0.15) is 0 Å². The average Bonchev–Trinajstić information content (AvgIpc) is 2.72. The van der Waals surface area contributed by atoms with Crippen molar-refractivity contribution in [3.05, 3.63) is 30.3 Å². The Labute approximate surface area is 162 Å². The minimum absolute atomic E-state index is 0.0247. The number of piperidine rings is 1. The van der Waals surface area contributed by atoms with Crippen LogP contribution in [0.25, 0.3) is 0 Å². The lowest BCUT2D eigenvalue weighted by Gasteiger charge is -2.31. The normalized spacial score (nSPS) is 22.4. The Morgan fingerprint density at radius 1 is 1.15 bits per heavy atom. The topological polar surface area (TPSA) is 81.8 Å². The summed E-state index contributed by atoms with van der Waals surface area (Å²) in [5.41, 5.74) is 0. The van der Waals surface area contributed by atoms with Gasteiger partial charge in [0.25, 0.3) is 0 Å². The third-order valence-corrected chi connectivity index (χ3v) is 7.18. The number of benzene rings is 1. The van der Waals surface area contributed by atoms with E-state index in [-0.39, 0.29) is 18.4 Å². The highest BCUT2D eigenvalue weighted by Crippen LogP contribution is 2.23. The molecule has 1 unspecified atom stereocenters. The van der Waals surface area contributed by atoms with Crippen molar-refractivity contribution in [3.8, 4) is 0 Å². The van der Waals surface area contributed by atoms with Gasteiger partial charge in [0.2, 0.25) is 15.9 Å². The Balaban J connectivity index is 1.46. The second kappa shape index (κ2) is 9.64. The molecule has 0 aliphatic carbocycles. The Bertz CT molecular complexity index is 705. The molecule has 0 aromatic heterocycles. The minimum Gasteiger partial charge on any atom is -0.356 e. The van der Waals surface area contributed by atoms with Gasteiger partial charge in [-0.3, -0.25) is 4.79 Å². The highest BCUT2D eigenvalue weighted by atomic mass is 32.2. The number of hydrogen-bond acceptors (Lipinski definition) is 5. The van der Waals surface area contributed by atoms with Crippen molar-refractivity contribution in [2.45, 2.75) is 24.2 Å². The zero-order chi connectivity index (χ0) is 19.1. The second-order valence-electron chi connectivity index (χ2n) is 7.25. The van der Waals surface area contributed by atoms with Crippen LogP contribution in [0.5, 0.6) is 0 Å². The summed E-state index contributed by atoms with van der Waals surface area (Å²) in [5, 5.41) is 6.33. The highest BCUT2D eigenvalue weighted by Gasteiger charge is 2.33. The number of carbonyl (C=O) groups excluding carboxylic acids is 1. The number of hydrogen-bond donors (Lipinski definition) is 2. The molecule has 1 aromatic rings. The summed E-state index contributed by atoms with van der Waals surface area (Å²) < 4.78 is 27.0. The summed E-state index contributed by atoms with van der Waals surface area (Å²) >= 11 is 0. The van der Waals surface area contributed by atoms with Crippen molar-refractivity contribution in [2.75, 3.05) is 52.4 Å². The van der Waals surface area contributed by atoms with Crippen LogP contribution in [0.2, 0.25) is 0 Å². The number of carbonyl (C=O) groups is 1. The highest BCUT2D eigenvalue weighted by molar-refractivity contribution is 7.89. The number of nitrogens with zero attached hydrogens (tertiary/aromatic N) is 2. The van der Waals surface area contributed by atoms with E-state index in [0.717, 1.165) is 45.6 Å². The van der Waals surface area contributed by atoms with E-state index in [1.165, 1.54) is 4.31 Å². The fourth-order valence-corrected chi connectivity index (χ4v) is 5.25. The fraction of sp³-hybridized carbons (Fsp3) is 0.632. The molecular weight excluding hydrogens is 364 g/mol. The smallest absolute Gasteiger partial charge is 0.243 e. The van der Waals surface area contributed by atoms with Gasteiger partial charge in [-0.15, -0.1) is 0 Å². The first-order valence-electron chi connectivity index (χ1n) is 9.83. The van der Waals surface area contributed by atoms with Crippen molar-refractivity contribution >= 4 is 15.9 Å². The molecule has 150 valence electrons. The standard InChI is InChI=1S/C19H30N4O3S/c24-19(21-9-5-12-22-14-10-20-11-15-22)17-6-4-13-23(16-17)27(25,26)18-7-2-1-3-8-18/h1-3,7-8,17,20H,4-6,9-16H2,(H,21,24). The molecule has 7 nitrogen and oxygen atoms in total. The summed E-state index contributed by atoms with van der Waals surface area (Å²) in [6.07, 6.45) is 2.37. The van der Waals surface area contributed by atoms with Crippen LogP contribution in [0, 0.1) is 5.92 Å². The Morgan fingerprint density at radius 3 is 2.63 bits per heavy atom. The molecule has 8 heteroatoms. The molecule has 0 spiro atoms. The second-order valence-corrected chi connectivity index (χ2v) is 9.19. The van der Waals surface area contributed by atoms with Crippen LogP contribution >= 0.6 is 0 Å². The Morgan fingerprint density at radius 2 is 1.89 bits per heavy atom. The van der Waals surface area contributed by atoms with Gasteiger partial charge in [0, 0.05) is 45.8 Å². The van der Waals surface area contributed by atoms with Crippen LogP contribution in [0.15, 0.2) is 35.2 Å². The van der Waals surface area contributed by atoms with E-state index in [0.29, 0.717) is 24.4 Å². The molecule has 2 fully saturated rings. The number of rotatable bonds is 7. The van der Waals surface area contributed by atoms with E-state index in [9.17, 15) is 13.2 Å². The summed E-state index contributed by atoms with van der Waals surface area (Å²) in [6.45, 7) is 6.54. The third-order valence-electron chi connectivity index (χ3n) is 5.30. The van der Waals surface area contributed by atoms with Gasteiger partial charge in [-0.1, -0.05) is 18.2 Å². The van der Waals surface area contributed by atoms with E-state index in [1.54, 1.807) is 30.3 Å². The summed E-state index contributed by atoms with van der Waals surface area (Å²) in [5.74, 6) is -0.292. The van der Waals surface area contributed by atoms with Crippen LogP contribution in [0.1, 0.15) is 19.3 Å². The lowest BCUT2D eigenvalue weighted by atomic mass is 9.99. The first-order valence-corrected chi connectivity index (χ1v) is 11.3. The number of nitrogens with one attached hydrogen (secondary N) is 2. The Kier molecular flexibility index (Phi) is 7.23. The summed E-state index contributed by atoms with van der Waals surface area (Å²) in [4.78, 5) is 15.2. The van der Waals surface area contributed by atoms with E-state index < -0.39 is 10.0 Å². The van der Waals surface area contributed by atoms with Crippen LogP contribution in [0.3, 0.4) is 0 Å². The van der Waals surface area contributed by atoms with E-state index in [2.05, 4.69) is 15.5 Å². The number of piperazine rings is 1. The van der Waals surface area contributed by atoms with Crippen LogP contribution in [-0.4, -0.2) is 75.9 Å². The van der Waals surface area contributed by atoms with Crippen molar-refractivity contribution in [3.63, 3.8) is 0 Å². The first kappa shape index (κ1) is 20.3. The maximum absolute atomic E-state index is 12.8. The van der Waals surface area contributed by atoms with Gasteiger partial charge < -0.3 is 15.5 Å². The van der Waals surface area contributed by atoms with Gasteiger partial charge >= 0.3 is 0 Å². The predicted octanol–water partition coefficient (Wildman–Crippen LogP) is 0.499. The molecule has 0 radical (unpaired) electrons. The molecule has 1 aromatic carbocycles. The molecule has 2 heterocycles. The predicted molar refractivity (Wildman–Crippen MR) is 105 cm³/mol. The first-order chi connectivity index (χ1) is 13.1. The number of sulfonamides is 1. The summed E-state index contributed by atoms with van der Waals surface area (Å²) in [6, 6.07) is 8.45. The minimum atomic E-state index is -3.53. The average molecular weight is 395 g/mol. The zero-order valence-electron chi connectivity index (χ0n) is 15.8. The van der Waals surface area contributed by atoms with Gasteiger partial charge in [0.15, 0.2) is 0 Å². The molecule has 1 atom stereocenters. The zero-order valence-corrected chi connectivity index (χ0v) is 16.6. The molecule has 0 bridgehead atoms. The maximum Gasteiger partial charge on any atom is 0.243 e. The maximum atomic E-state index is 12.8. The molecule has 2 N–H and O–H groups in total. The Hall–Kier alpha value is -1.48. The van der Waals surface area contributed by atoms with Crippen LogP contribution < -0.4 is 10.6 Å². The molecule has 3 rings (SSSR count). The molecular formula is C19H30N4O3S. The lowest BCUT2D eigenvalue weighted by Crippen LogP contribution is -2.46. The van der Waals surface area contributed by atoms with E-state index in [4.69, 9.17) is 0 Å². The van der Waals surface area contributed by atoms with Gasteiger partial charge in [-0.2, -0.15) is 4.31 Å². The molecule has 2 aliphatic rings. The third kappa shape index (κ3) is 5.51.